The Balaban J connectivity index is 1.13. The summed E-state index contributed by atoms with van der Waals surface area (Å²) in [6, 6.07) is 7.36. The number of anilines is 2. The van der Waals surface area contributed by atoms with Crippen molar-refractivity contribution in [2.24, 2.45) is 23.5 Å². The van der Waals surface area contributed by atoms with Gasteiger partial charge < -0.3 is 26.0 Å². The van der Waals surface area contributed by atoms with Gasteiger partial charge in [0, 0.05) is 37.9 Å². The van der Waals surface area contributed by atoms with E-state index in [1.165, 1.54) is 6.20 Å². The third-order valence-electron chi connectivity index (χ3n) is 8.83. The van der Waals surface area contributed by atoms with E-state index in [1.807, 2.05) is 12.1 Å². The molecule has 2 aromatic heterocycles. The SMILES string of the molecule is CC1CN(c2ncc(C(N)=O)cc2Cl)CCN1c1cccc(C(=O)NC2C3CC4CC2CC(O)(C4)C3)n1. The molecule has 4 saturated carbocycles. The van der Waals surface area contributed by atoms with Gasteiger partial charge in [-0.15, -0.1) is 0 Å². The lowest BCUT2D eigenvalue weighted by Gasteiger charge is -2.58. The van der Waals surface area contributed by atoms with Crippen molar-refractivity contribution in [2.75, 3.05) is 29.4 Å². The van der Waals surface area contributed by atoms with Crippen LogP contribution in [0.1, 0.15) is 59.9 Å². The molecule has 10 heteroatoms. The van der Waals surface area contributed by atoms with Crippen LogP contribution in [0.5, 0.6) is 0 Å². The average molecular weight is 525 g/mol. The Morgan fingerprint density at radius 1 is 1.19 bits per heavy atom. The first kappa shape index (κ1) is 24.4. The van der Waals surface area contributed by atoms with Gasteiger partial charge in [-0.3, -0.25) is 9.59 Å². The van der Waals surface area contributed by atoms with Crippen LogP contribution in [0.4, 0.5) is 11.6 Å². The Morgan fingerprint density at radius 2 is 1.95 bits per heavy atom. The van der Waals surface area contributed by atoms with Gasteiger partial charge in [0.2, 0.25) is 5.91 Å². The maximum Gasteiger partial charge on any atom is 0.270 e. The fraction of sp³-hybridized carbons (Fsp3) is 0.556. The Labute approximate surface area is 221 Å². The van der Waals surface area contributed by atoms with E-state index in [9.17, 15) is 14.7 Å². The number of nitrogens with two attached hydrogens (primary N) is 1. The number of hydrogen-bond donors (Lipinski definition) is 3. The van der Waals surface area contributed by atoms with Gasteiger partial charge in [0.1, 0.15) is 17.3 Å². The highest BCUT2D eigenvalue weighted by Crippen LogP contribution is 2.55. The van der Waals surface area contributed by atoms with Crippen LogP contribution in [0.2, 0.25) is 5.02 Å². The second kappa shape index (κ2) is 9.13. The highest BCUT2D eigenvalue weighted by atomic mass is 35.5. The Hall–Kier alpha value is -2.91. The summed E-state index contributed by atoms with van der Waals surface area (Å²) in [5, 5.41) is 14.5. The molecule has 5 fully saturated rings. The molecule has 0 radical (unpaired) electrons. The summed E-state index contributed by atoms with van der Waals surface area (Å²) in [5.74, 6) is 2.01. The van der Waals surface area contributed by atoms with Crippen LogP contribution in [-0.2, 0) is 0 Å². The van der Waals surface area contributed by atoms with Gasteiger partial charge in [0.15, 0.2) is 0 Å². The van der Waals surface area contributed by atoms with Crippen molar-refractivity contribution < 1.29 is 14.7 Å². The number of pyridine rings is 2. The van der Waals surface area contributed by atoms with Crippen LogP contribution in [0.3, 0.4) is 0 Å². The van der Waals surface area contributed by atoms with Gasteiger partial charge in [0.25, 0.3) is 5.91 Å². The average Bonchev–Trinajstić information content (AvgIpc) is 2.85. The molecule has 2 aromatic rings. The van der Waals surface area contributed by atoms with Crippen LogP contribution < -0.4 is 20.9 Å². The number of aliphatic hydroxyl groups is 1. The van der Waals surface area contributed by atoms with Crippen molar-refractivity contribution in [3.05, 3.63) is 46.7 Å². The first-order valence-electron chi connectivity index (χ1n) is 13.2. The lowest BCUT2D eigenvalue weighted by Crippen LogP contribution is -2.61. The third kappa shape index (κ3) is 4.52. The monoisotopic (exact) mass is 524 g/mol. The van der Waals surface area contributed by atoms with Crippen molar-refractivity contribution in [1.29, 1.82) is 0 Å². The molecule has 7 rings (SSSR count). The number of carbonyl (C=O) groups is 2. The number of nitrogens with one attached hydrogen (secondary N) is 1. The number of primary amides is 1. The van der Waals surface area contributed by atoms with Gasteiger partial charge in [-0.25, -0.2) is 9.97 Å². The van der Waals surface area contributed by atoms with Crippen LogP contribution in [-0.4, -0.2) is 64.2 Å². The normalized spacial score (nSPS) is 32.5. The number of piperazine rings is 1. The summed E-state index contributed by atoms with van der Waals surface area (Å²) in [6.07, 6.45) is 6.17. The summed E-state index contributed by atoms with van der Waals surface area (Å²) < 4.78 is 0. The van der Waals surface area contributed by atoms with E-state index in [4.69, 9.17) is 22.3 Å². The van der Waals surface area contributed by atoms with Gasteiger partial charge in [0.05, 0.1) is 16.2 Å². The maximum absolute atomic E-state index is 13.3. The van der Waals surface area contributed by atoms with E-state index in [2.05, 4.69) is 27.0 Å². The quantitative estimate of drug-likeness (QED) is 0.549. The number of aromatic nitrogens is 2. The smallest absolute Gasteiger partial charge is 0.270 e. The maximum atomic E-state index is 13.3. The van der Waals surface area contributed by atoms with Crippen molar-refractivity contribution >= 4 is 35.1 Å². The predicted octanol–water partition coefficient (Wildman–Crippen LogP) is 2.61. The van der Waals surface area contributed by atoms with Crippen molar-refractivity contribution in [3.63, 3.8) is 0 Å². The highest BCUT2D eigenvalue weighted by Gasteiger charge is 2.55. The molecule has 4 bridgehead atoms. The molecule has 5 aliphatic rings. The van der Waals surface area contributed by atoms with E-state index in [0.717, 1.165) is 37.9 Å². The second-order valence-corrected chi connectivity index (χ2v) is 11.9. The molecule has 0 aromatic carbocycles. The van der Waals surface area contributed by atoms with E-state index < -0.39 is 11.5 Å². The summed E-state index contributed by atoms with van der Waals surface area (Å²) in [4.78, 5) is 38.1. The van der Waals surface area contributed by atoms with Crippen molar-refractivity contribution in [1.82, 2.24) is 15.3 Å². The lowest BCUT2D eigenvalue weighted by atomic mass is 9.52. The molecule has 4 N–H and O–H groups in total. The van der Waals surface area contributed by atoms with E-state index >= 15 is 0 Å². The molecular weight excluding hydrogens is 492 g/mol. The zero-order valence-electron chi connectivity index (χ0n) is 20.9. The van der Waals surface area contributed by atoms with E-state index in [1.54, 1.807) is 12.1 Å². The summed E-state index contributed by atoms with van der Waals surface area (Å²) in [7, 11) is 0. The summed E-state index contributed by atoms with van der Waals surface area (Å²) in [5.41, 5.74) is 5.52. The molecule has 3 atom stereocenters. The first-order chi connectivity index (χ1) is 17.7. The van der Waals surface area contributed by atoms with E-state index in [-0.39, 0.29) is 23.6 Å². The molecule has 9 nitrogen and oxygen atoms in total. The van der Waals surface area contributed by atoms with Gasteiger partial charge in [-0.1, -0.05) is 17.7 Å². The molecule has 1 aliphatic heterocycles. The number of carbonyl (C=O) groups excluding carboxylic acids is 2. The number of rotatable bonds is 5. The topological polar surface area (TPSA) is 125 Å². The fourth-order valence-corrected chi connectivity index (χ4v) is 7.73. The van der Waals surface area contributed by atoms with Gasteiger partial charge in [-0.05, 0) is 75.0 Å². The minimum atomic E-state index is -0.560. The first-order valence-corrected chi connectivity index (χ1v) is 13.5. The molecule has 196 valence electrons. The largest absolute Gasteiger partial charge is 0.390 e. The minimum Gasteiger partial charge on any atom is -0.390 e. The van der Waals surface area contributed by atoms with Crippen LogP contribution >= 0.6 is 11.6 Å². The summed E-state index contributed by atoms with van der Waals surface area (Å²) in [6.45, 7) is 4.12. The summed E-state index contributed by atoms with van der Waals surface area (Å²) >= 11 is 6.40. The number of halogens is 1. The Kier molecular flexibility index (Phi) is 6.03. The second-order valence-electron chi connectivity index (χ2n) is 11.5. The van der Waals surface area contributed by atoms with Crippen molar-refractivity contribution in [3.8, 4) is 0 Å². The molecule has 4 aliphatic carbocycles. The number of nitrogens with zero attached hydrogens (tertiary/aromatic N) is 4. The molecule has 37 heavy (non-hydrogen) atoms. The zero-order valence-corrected chi connectivity index (χ0v) is 21.7. The minimum absolute atomic E-state index is 0.0958. The predicted molar refractivity (Wildman–Crippen MR) is 141 cm³/mol. The molecular formula is C27H33ClN6O3. The molecule has 0 spiro atoms. The Morgan fingerprint density at radius 3 is 2.59 bits per heavy atom. The molecule has 1 saturated heterocycles. The standard InChI is InChI=1S/C27H33ClN6O3/c1-15-14-33(25-20(28)9-19(13-30-25)24(29)35)5-6-34(15)22-4-2-3-21(31-22)26(36)32-23-17-7-16-8-18(23)12-27(37,10-16)11-17/h2-4,9,13,15-18,23,37H,5-8,10-12,14H2,1H3,(H2,29,35)(H,32,36). The fourth-order valence-electron chi connectivity index (χ4n) is 7.44. The lowest BCUT2D eigenvalue weighted by molar-refractivity contribution is -0.136. The van der Waals surface area contributed by atoms with Crippen LogP contribution in [0.15, 0.2) is 30.5 Å². The zero-order chi connectivity index (χ0) is 25.9. The number of hydrogen-bond acceptors (Lipinski definition) is 7. The van der Waals surface area contributed by atoms with Gasteiger partial charge >= 0.3 is 0 Å². The van der Waals surface area contributed by atoms with E-state index in [0.29, 0.717) is 53.9 Å². The third-order valence-corrected chi connectivity index (χ3v) is 9.11. The van der Waals surface area contributed by atoms with Crippen LogP contribution in [0.25, 0.3) is 0 Å². The molecule has 3 unspecified atom stereocenters. The van der Waals surface area contributed by atoms with Gasteiger partial charge in [-0.2, -0.15) is 0 Å². The van der Waals surface area contributed by atoms with Crippen molar-refractivity contribution in [2.45, 2.75) is 56.7 Å². The highest BCUT2D eigenvalue weighted by molar-refractivity contribution is 6.33. The molecule has 3 heterocycles. The van der Waals surface area contributed by atoms with Crippen LogP contribution in [0, 0.1) is 17.8 Å². The Bertz CT molecular complexity index is 1220. The number of amides is 2. The molecule has 2 amide bonds.